The Morgan fingerprint density at radius 3 is 1.71 bits per heavy atom. The van der Waals surface area contributed by atoms with Crippen LogP contribution in [0.1, 0.15) is 17.8 Å². The lowest BCUT2D eigenvalue weighted by molar-refractivity contribution is 1.13. The minimum Gasteiger partial charge on any atom is -0.291 e. The van der Waals surface area contributed by atoms with Crippen molar-refractivity contribution in [2.45, 2.75) is 0 Å². The largest absolute Gasteiger partial charge is 0.291 e. The fourth-order valence-electron chi connectivity index (χ4n) is 5.35. The molecule has 0 aliphatic rings. The number of imidazole rings is 1. The van der Waals surface area contributed by atoms with E-state index in [4.69, 9.17) is 17.3 Å². The zero-order chi connectivity index (χ0) is 38.5. The minimum absolute atomic E-state index is 0.000817. The Morgan fingerprint density at radius 1 is 0.463 bits per heavy atom. The van der Waals surface area contributed by atoms with Gasteiger partial charge in [0.15, 0.2) is 0 Å². The summed E-state index contributed by atoms with van der Waals surface area (Å²) in [5, 5.41) is 0.00823. The van der Waals surface area contributed by atoms with E-state index in [0.29, 0.717) is 28.0 Å². The van der Waals surface area contributed by atoms with Crippen LogP contribution in [0.2, 0.25) is 0 Å². The first-order chi connectivity index (χ1) is 25.8. The van der Waals surface area contributed by atoms with Crippen molar-refractivity contribution in [1.29, 1.82) is 0 Å². The lowest BCUT2D eigenvalue weighted by Crippen LogP contribution is -2.01. The molecule has 2 nitrogen and oxygen atoms in total. The van der Waals surface area contributed by atoms with E-state index in [9.17, 15) is 5.48 Å². The second-order valence-corrected chi connectivity index (χ2v) is 9.43. The predicted octanol–water partition coefficient (Wildman–Crippen LogP) is 10.3. The highest BCUT2D eigenvalue weighted by molar-refractivity contribution is 6.19. The summed E-state index contributed by atoms with van der Waals surface area (Å²) in [4.78, 5) is 4.92. The zero-order valence-corrected chi connectivity index (χ0v) is 21.4. The van der Waals surface area contributed by atoms with Gasteiger partial charge in [-0.05, 0) is 45.2 Å². The highest BCUT2D eigenvalue weighted by Gasteiger charge is 2.21. The normalized spacial score (nSPS) is 15.9. The number of fused-ring (bicyclic) bond motifs is 3. The van der Waals surface area contributed by atoms with E-state index in [0.717, 1.165) is 0 Å². The van der Waals surface area contributed by atoms with E-state index >= 15 is 0 Å². The fraction of sp³-hybridized carbons (Fsp3) is 0. The van der Waals surface area contributed by atoms with Gasteiger partial charge in [-0.15, -0.1) is 0 Å². The van der Waals surface area contributed by atoms with Gasteiger partial charge < -0.3 is 0 Å². The highest BCUT2D eigenvalue weighted by atomic mass is 15.1. The molecular weight excluding hydrogens is 496 g/mol. The van der Waals surface area contributed by atoms with Crippen molar-refractivity contribution >= 4 is 32.6 Å². The average Bonchev–Trinajstić information content (AvgIpc) is 3.58. The molecule has 0 atom stereocenters. The van der Waals surface area contributed by atoms with Crippen LogP contribution < -0.4 is 0 Å². The van der Waals surface area contributed by atoms with Gasteiger partial charge in [0.05, 0.1) is 34.5 Å². The molecule has 2 heteroatoms. The van der Waals surface area contributed by atoms with Crippen LogP contribution in [0.15, 0.2) is 157 Å². The van der Waals surface area contributed by atoms with Gasteiger partial charge >= 0.3 is 0 Å². The van der Waals surface area contributed by atoms with Gasteiger partial charge in [0.25, 0.3) is 0 Å². The van der Waals surface area contributed by atoms with Crippen LogP contribution >= 0.6 is 0 Å². The number of hydrogen-bond acceptors (Lipinski definition) is 1. The van der Waals surface area contributed by atoms with Crippen LogP contribution in [0.25, 0.3) is 71.9 Å². The fourth-order valence-corrected chi connectivity index (χ4v) is 5.35. The summed E-state index contributed by atoms with van der Waals surface area (Å²) >= 11 is 0. The monoisotopic (exact) mass is 535 g/mol. The minimum atomic E-state index is -0.547. The number of aromatic nitrogens is 2. The van der Waals surface area contributed by atoms with Crippen molar-refractivity contribution in [1.82, 2.24) is 9.55 Å². The van der Waals surface area contributed by atoms with Crippen LogP contribution in [-0.4, -0.2) is 9.55 Å². The molecule has 192 valence electrons. The van der Waals surface area contributed by atoms with E-state index < -0.39 is 78.6 Å². The number of nitrogens with zero attached hydrogens (tertiary/aromatic N) is 2. The van der Waals surface area contributed by atoms with Crippen LogP contribution in [-0.2, 0) is 0 Å². The molecule has 0 spiro atoms. The van der Waals surface area contributed by atoms with Gasteiger partial charge in [0.1, 0.15) is 5.82 Å². The van der Waals surface area contributed by atoms with Gasteiger partial charge in [0, 0.05) is 16.3 Å². The molecule has 0 saturated carbocycles. The molecule has 1 heterocycles. The third-order valence-corrected chi connectivity index (χ3v) is 7.13. The molecule has 41 heavy (non-hydrogen) atoms. The summed E-state index contributed by atoms with van der Waals surface area (Å²) < 4.78 is 115. The highest BCUT2D eigenvalue weighted by Crippen LogP contribution is 2.43. The maximum absolute atomic E-state index is 9.35. The zero-order valence-electron chi connectivity index (χ0n) is 34.4. The second-order valence-electron chi connectivity index (χ2n) is 9.43. The summed E-state index contributed by atoms with van der Waals surface area (Å²) in [5.41, 5.74) is 2.50. The van der Waals surface area contributed by atoms with Crippen LogP contribution in [0.5, 0.6) is 0 Å². The molecule has 0 amide bonds. The molecule has 0 saturated heterocycles. The molecule has 0 aliphatic carbocycles. The molecule has 0 radical (unpaired) electrons. The number of rotatable bonds is 4. The molecule has 8 rings (SSSR count). The van der Waals surface area contributed by atoms with Gasteiger partial charge in [-0.2, -0.15) is 0 Å². The smallest absolute Gasteiger partial charge is 0.145 e. The van der Waals surface area contributed by atoms with Crippen molar-refractivity contribution in [3.8, 4) is 39.3 Å². The Hall–Kier alpha value is -5.47. The van der Waals surface area contributed by atoms with Crippen molar-refractivity contribution in [2.75, 3.05) is 0 Å². The first-order valence-electron chi connectivity index (χ1n) is 19.4. The first kappa shape index (κ1) is 13.7. The third-order valence-electron chi connectivity index (χ3n) is 7.13. The molecule has 1 aromatic heterocycles. The van der Waals surface area contributed by atoms with Crippen LogP contribution in [0.4, 0.5) is 0 Å². The molecule has 8 aromatic rings. The number of para-hydroxylation sites is 2. The third kappa shape index (κ3) is 3.84. The SMILES string of the molecule is [2H]c1c([2H])c([2H])c(-c2ccc(-c3c4c([2H])c([2H])c([2H])c([2H])c4c(-n4c(-c5ccccc5)nc5ccccc54)c4c([2H])c([2H])c([2H])c([2H])c34)cc2)c([2H])c1[2H]. The summed E-state index contributed by atoms with van der Waals surface area (Å²) in [6, 6.07) is 16.2. The van der Waals surface area contributed by atoms with Gasteiger partial charge in [-0.3, -0.25) is 4.57 Å². The van der Waals surface area contributed by atoms with E-state index in [2.05, 4.69) is 0 Å². The Balaban J connectivity index is 1.59. The Morgan fingerprint density at radius 2 is 1.02 bits per heavy atom. The molecule has 0 unspecified atom stereocenters. The number of hydrogen-bond donors (Lipinski definition) is 0. The summed E-state index contributed by atoms with van der Waals surface area (Å²) in [6.45, 7) is 0. The molecule has 7 aromatic carbocycles. The van der Waals surface area contributed by atoms with E-state index in [-0.39, 0.29) is 43.9 Å². The van der Waals surface area contributed by atoms with Crippen molar-refractivity contribution in [3.05, 3.63) is 157 Å². The van der Waals surface area contributed by atoms with Crippen molar-refractivity contribution < 1.29 is 17.8 Å². The predicted molar refractivity (Wildman–Crippen MR) is 172 cm³/mol. The summed E-state index contributed by atoms with van der Waals surface area (Å²) in [5.74, 6) is 0.384. The molecule has 0 bridgehead atoms. The Labute approximate surface area is 257 Å². The van der Waals surface area contributed by atoms with E-state index in [1.807, 2.05) is 30.3 Å². The Kier molecular flexibility index (Phi) is 3.22. The summed E-state index contributed by atoms with van der Waals surface area (Å²) in [6.07, 6.45) is 0. The number of benzene rings is 7. The molecule has 0 N–H and O–H groups in total. The second kappa shape index (κ2) is 9.62. The lowest BCUT2D eigenvalue weighted by atomic mass is 9.89. The molecule has 0 aliphatic heterocycles. The van der Waals surface area contributed by atoms with E-state index in [1.165, 1.54) is 12.1 Å². The van der Waals surface area contributed by atoms with Crippen molar-refractivity contribution in [3.63, 3.8) is 0 Å². The van der Waals surface area contributed by atoms with Gasteiger partial charge in [0.2, 0.25) is 0 Å². The lowest BCUT2D eigenvalue weighted by Gasteiger charge is -2.20. The maximum Gasteiger partial charge on any atom is 0.145 e. The Bertz CT molecular complexity index is 2790. The maximum atomic E-state index is 9.35. The summed E-state index contributed by atoms with van der Waals surface area (Å²) in [7, 11) is 0. The van der Waals surface area contributed by atoms with Gasteiger partial charge in [-0.1, -0.05) is 145 Å². The standard InChI is InChI=1S/C39H26N2/c1-3-13-27(14-4-1)28-23-25-29(26-24-28)37-31-17-7-9-19-33(31)38(34-20-10-8-18-32(34)37)41-36-22-12-11-21-35(36)40-39(41)30-15-5-2-6-16-30/h1-26H/i1D,3D,4D,7D,8D,9D,10D,13D,14D,17D,18D,19D,20D. The first-order valence-corrected chi connectivity index (χ1v) is 12.9. The average molecular weight is 536 g/mol. The van der Waals surface area contributed by atoms with Crippen molar-refractivity contribution in [2.24, 2.45) is 0 Å². The van der Waals surface area contributed by atoms with Crippen LogP contribution in [0.3, 0.4) is 0 Å². The topological polar surface area (TPSA) is 17.8 Å². The quantitative estimate of drug-likeness (QED) is 0.205. The van der Waals surface area contributed by atoms with Gasteiger partial charge in [-0.25, -0.2) is 4.98 Å². The molecule has 0 fully saturated rings. The van der Waals surface area contributed by atoms with E-state index in [1.54, 1.807) is 41.0 Å². The van der Waals surface area contributed by atoms with Crippen LogP contribution in [0, 0.1) is 0 Å². The molecular formula is C39H26N2.